The van der Waals surface area contributed by atoms with Gasteiger partial charge in [0.15, 0.2) is 9.84 Å². The van der Waals surface area contributed by atoms with E-state index >= 15 is 0 Å². The molecule has 0 heterocycles. The third-order valence-electron chi connectivity index (χ3n) is 4.53. The van der Waals surface area contributed by atoms with Crippen molar-refractivity contribution in [2.75, 3.05) is 0 Å². The van der Waals surface area contributed by atoms with Crippen molar-refractivity contribution < 1.29 is 8.42 Å². The molecule has 1 aliphatic rings. The molecule has 0 saturated heterocycles. The number of nitrogens with zero attached hydrogens (tertiary/aromatic N) is 1. The van der Waals surface area contributed by atoms with E-state index in [2.05, 4.69) is 6.92 Å². The molecule has 23 heavy (non-hydrogen) atoms. The first-order valence-corrected chi connectivity index (χ1v) is 9.07. The van der Waals surface area contributed by atoms with Crippen LogP contribution in [0.2, 0.25) is 0 Å². The highest BCUT2D eigenvalue weighted by Crippen LogP contribution is 2.55. The summed E-state index contributed by atoms with van der Waals surface area (Å²) in [6, 6.07) is 17.9. The summed E-state index contributed by atoms with van der Waals surface area (Å²) in [5, 5.41) is 8.53. The van der Waals surface area contributed by atoms with Crippen molar-refractivity contribution in [1.29, 1.82) is 5.26 Å². The van der Waals surface area contributed by atoms with Gasteiger partial charge in [0, 0.05) is 5.92 Å². The van der Waals surface area contributed by atoms with E-state index < -0.39 is 26.5 Å². The topological polar surface area (TPSA) is 83.9 Å². The Kier molecular flexibility index (Phi) is 3.75. The minimum Gasteiger partial charge on any atom is -0.312 e. The Morgan fingerprint density at radius 2 is 1.74 bits per heavy atom. The van der Waals surface area contributed by atoms with E-state index in [1.165, 1.54) is 0 Å². The number of aryl methyl sites for hydroxylation is 1. The fraction of sp³-hybridized carbons (Fsp3) is 0.278. The van der Waals surface area contributed by atoms with E-state index in [1.807, 2.05) is 30.3 Å². The zero-order chi connectivity index (χ0) is 16.7. The Morgan fingerprint density at radius 3 is 2.26 bits per heavy atom. The summed E-state index contributed by atoms with van der Waals surface area (Å²) in [6.45, 7) is 2.05. The molecule has 0 bridgehead atoms. The third-order valence-corrected chi connectivity index (χ3v) is 6.79. The highest BCUT2D eigenvalue weighted by molar-refractivity contribution is 7.92. The van der Waals surface area contributed by atoms with Gasteiger partial charge in [0.2, 0.25) is 0 Å². The molecule has 2 aromatic carbocycles. The zero-order valence-corrected chi connectivity index (χ0v) is 13.6. The van der Waals surface area contributed by atoms with Crippen molar-refractivity contribution in [1.82, 2.24) is 0 Å². The first-order valence-electron chi connectivity index (χ1n) is 7.53. The molecule has 0 radical (unpaired) electrons. The Hall–Kier alpha value is -2.16. The van der Waals surface area contributed by atoms with Gasteiger partial charge in [0.1, 0.15) is 10.8 Å². The quantitative estimate of drug-likeness (QED) is 0.935. The summed E-state index contributed by atoms with van der Waals surface area (Å²) in [4.78, 5) is 0.211. The van der Waals surface area contributed by atoms with Crippen LogP contribution in [-0.2, 0) is 16.3 Å². The molecule has 3 unspecified atom stereocenters. The molecule has 0 aliphatic heterocycles. The number of sulfone groups is 1. The minimum absolute atomic E-state index is 0.211. The molecule has 1 fully saturated rings. The summed E-state index contributed by atoms with van der Waals surface area (Å²) in [6.07, 6.45) is 0.905. The van der Waals surface area contributed by atoms with Gasteiger partial charge in [-0.1, -0.05) is 49.4 Å². The van der Waals surface area contributed by atoms with Gasteiger partial charge in [0.25, 0.3) is 0 Å². The lowest BCUT2D eigenvalue weighted by Crippen LogP contribution is -2.29. The predicted molar refractivity (Wildman–Crippen MR) is 88.5 cm³/mol. The zero-order valence-electron chi connectivity index (χ0n) is 12.8. The molecule has 0 aromatic heterocycles. The Bertz CT molecular complexity index is 854. The lowest BCUT2D eigenvalue weighted by Gasteiger charge is -2.04. The van der Waals surface area contributed by atoms with Gasteiger partial charge in [-0.05, 0) is 29.7 Å². The fourth-order valence-corrected chi connectivity index (χ4v) is 5.32. The smallest absolute Gasteiger partial charge is 0.184 e. The maximum Gasteiger partial charge on any atom is 0.184 e. The van der Waals surface area contributed by atoms with Crippen LogP contribution in [0.5, 0.6) is 0 Å². The van der Waals surface area contributed by atoms with Gasteiger partial charge < -0.3 is 5.73 Å². The van der Waals surface area contributed by atoms with Crippen LogP contribution in [0.25, 0.3) is 0 Å². The second-order valence-electron chi connectivity index (χ2n) is 5.90. The van der Waals surface area contributed by atoms with Crippen molar-refractivity contribution >= 4 is 9.84 Å². The number of nitrogens with two attached hydrogens (primary N) is 1. The molecule has 2 N–H and O–H groups in total. The van der Waals surface area contributed by atoms with E-state index in [0.717, 1.165) is 17.5 Å². The van der Waals surface area contributed by atoms with E-state index in [4.69, 9.17) is 5.73 Å². The molecule has 1 saturated carbocycles. The van der Waals surface area contributed by atoms with Gasteiger partial charge >= 0.3 is 0 Å². The molecular weight excluding hydrogens is 308 g/mol. The fourth-order valence-electron chi connectivity index (χ4n) is 3.11. The van der Waals surface area contributed by atoms with Gasteiger partial charge in [-0.2, -0.15) is 5.26 Å². The number of hydrogen-bond acceptors (Lipinski definition) is 4. The summed E-state index contributed by atoms with van der Waals surface area (Å²) < 4.78 is 25.7. The van der Waals surface area contributed by atoms with Crippen LogP contribution in [0.1, 0.15) is 24.0 Å². The van der Waals surface area contributed by atoms with Crippen LogP contribution < -0.4 is 5.73 Å². The second-order valence-corrected chi connectivity index (χ2v) is 7.97. The maximum absolute atomic E-state index is 12.8. The second kappa shape index (κ2) is 5.48. The molecule has 5 heteroatoms. The lowest BCUT2D eigenvalue weighted by atomic mass is 10.0. The summed E-state index contributed by atoms with van der Waals surface area (Å²) in [5.41, 5.74) is 6.71. The molecule has 1 aliphatic carbocycles. The van der Waals surface area contributed by atoms with E-state index in [0.29, 0.717) is 0 Å². The number of benzene rings is 2. The molecule has 3 rings (SSSR count). The van der Waals surface area contributed by atoms with Crippen LogP contribution in [0.4, 0.5) is 0 Å². The molecule has 3 atom stereocenters. The summed E-state index contributed by atoms with van der Waals surface area (Å²) in [7, 11) is -3.65. The van der Waals surface area contributed by atoms with Crippen LogP contribution in [0.3, 0.4) is 0 Å². The summed E-state index contributed by atoms with van der Waals surface area (Å²) in [5.74, 6) is -0.497. The monoisotopic (exact) mass is 326 g/mol. The molecular formula is C18H18N2O2S. The lowest BCUT2D eigenvalue weighted by molar-refractivity contribution is 0.592. The number of nitriles is 1. The Labute approximate surface area is 136 Å². The average molecular weight is 326 g/mol. The van der Waals surface area contributed by atoms with Crippen molar-refractivity contribution in [2.45, 2.75) is 34.9 Å². The number of hydrogen-bond donors (Lipinski definition) is 1. The first kappa shape index (κ1) is 15.7. The Morgan fingerprint density at radius 1 is 1.13 bits per heavy atom. The van der Waals surface area contributed by atoms with Crippen LogP contribution in [0.15, 0.2) is 59.5 Å². The van der Waals surface area contributed by atoms with Crippen LogP contribution in [0, 0.1) is 11.3 Å². The van der Waals surface area contributed by atoms with Gasteiger partial charge in [0.05, 0.1) is 11.0 Å². The van der Waals surface area contributed by atoms with E-state index in [-0.39, 0.29) is 4.90 Å². The van der Waals surface area contributed by atoms with Crippen LogP contribution in [-0.4, -0.2) is 19.2 Å². The van der Waals surface area contributed by atoms with E-state index in [1.54, 1.807) is 30.3 Å². The van der Waals surface area contributed by atoms with Crippen LogP contribution >= 0.6 is 0 Å². The maximum atomic E-state index is 12.8. The van der Waals surface area contributed by atoms with E-state index in [9.17, 15) is 13.7 Å². The average Bonchev–Trinajstić information content (AvgIpc) is 3.23. The SMILES string of the molecule is CCc1ccc(C2C(S(=O)(=O)c3ccccc3)C2(N)C#N)cc1. The molecule has 0 amide bonds. The standard InChI is InChI=1S/C18H18N2O2S/c1-2-13-8-10-14(11-9-13)16-17(18(16,20)12-19)23(21,22)15-6-4-3-5-7-15/h3-11,16-17H,2,20H2,1H3. The first-order chi connectivity index (χ1) is 10.9. The van der Waals surface area contributed by atoms with Crippen molar-refractivity contribution in [2.24, 2.45) is 5.73 Å². The van der Waals surface area contributed by atoms with Crippen molar-refractivity contribution in [3.05, 3.63) is 65.7 Å². The van der Waals surface area contributed by atoms with Crippen molar-refractivity contribution in [3.8, 4) is 6.07 Å². The molecule has 118 valence electrons. The highest BCUT2D eigenvalue weighted by Gasteiger charge is 2.70. The highest BCUT2D eigenvalue weighted by atomic mass is 32.2. The van der Waals surface area contributed by atoms with Gasteiger partial charge in [-0.15, -0.1) is 0 Å². The summed E-state index contributed by atoms with van der Waals surface area (Å²) >= 11 is 0. The molecule has 0 spiro atoms. The van der Waals surface area contributed by atoms with Crippen molar-refractivity contribution in [3.63, 3.8) is 0 Å². The Balaban J connectivity index is 2.01. The normalized spacial score (nSPS) is 26.5. The van der Waals surface area contributed by atoms with Gasteiger partial charge in [-0.25, -0.2) is 8.42 Å². The predicted octanol–water partition coefficient (Wildman–Crippen LogP) is 2.41. The van der Waals surface area contributed by atoms with Gasteiger partial charge in [-0.3, -0.25) is 0 Å². The minimum atomic E-state index is -3.65. The molecule has 2 aromatic rings. The number of rotatable bonds is 4. The third kappa shape index (κ3) is 2.44. The molecule has 4 nitrogen and oxygen atoms in total. The largest absolute Gasteiger partial charge is 0.312 e.